The number of benzene rings is 1. The van der Waals surface area contributed by atoms with E-state index in [1.807, 2.05) is 0 Å². The molecule has 0 amide bonds. The molecule has 120 valence electrons. The van der Waals surface area contributed by atoms with Crippen LogP contribution in [0, 0.1) is 0 Å². The van der Waals surface area contributed by atoms with E-state index >= 15 is 0 Å². The molecule has 2 rings (SSSR count). The number of hydrogen-bond donors (Lipinski definition) is 2. The third kappa shape index (κ3) is 3.89. The first-order valence-corrected chi connectivity index (χ1v) is 7.01. The van der Waals surface area contributed by atoms with Gasteiger partial charge in [-0.3, -0.25) is 0 Å². The third-order valence-corrected chi connectivity index (χ3v) is 3.68. The minimum absolute atomic E-state index is 0.115. The Labute approximate surface area is 135 Å². The van der Waals surface area contributed by atoms with Gasteiger partial charge in [0.1, 0.15) is 0 Å². The van der Waals surface area contributed by atoms with Crippen LogP contribution < -0.4 is 9.47 Å². The Morgan fingerprint density at radius 3 is 2.09 bits per heavy atom. The Bertz CT molecular complexity index is 743. The number of ether oxygens (including phenoxy) is 2. The van der Waals surface area contributed by atoms with Crippen LogP contribution in [0.3, 0.4) is 0 Å². The molecular formula is C14H12N2O6S. The van der Waals surface area contributed by atoms with Gasteiger partial charge in [-0.25, -0.2) is 9.59 Å². The average Bonchev–Trinajstić information content (AvgIpc) is 2.54. The molecule has 0 aliphatic carbocycles. The van der Waals surface area contributed by atoms with E-state index in [9.17, 15) is 14.7 Å². The van der Waals surface area contributed by atoms with Gasteiger partial charge >= 0.3 is 11.9 Å². The standard InChI is InChI=1S/C14H12N2O6S/c1-21-10-6-11(22-2)16-14(15-10)23-9-4-3-7(12(17)18)5-8(9)13(19)20/h3-6H,1-2H3,(H,17,18)(H,19,20). The summed E-state index contributed by atoms with van der Waals surface area (Å²) < 4.78 is 10.0. The van der Waals surface area contributed by atoms with E-state index < -0.39 is 11.9 Å². The van der Waals surface area contributed by atoms with Crippen LogP contribution in [0.15, 0.2) is 34.3 Å². The monoisotopic (exact) mass is 336 g/mol. The van der Waals surface area contributed by atoms with Gasteiger partial charge in [0.2, 0.25) is 11.8 Å². The van der Waals surface area contributed by atoms with Crippen molar-refractivity contribution >= 4 is 23.7 Å². The summed E-state index contributed by atoms with van der Waals surface area (Å²) in [5.41, 5.74) is -0.267. The second-order valence-corrected chi connectivity index (χ2v) is 5.17. The van der Waals surface area contributed by atoms with Crippen molar-refractivity contribution in [3.8, 4) is 11.8 Å². The van der Waals surface area contributed by atoms with E-state index in [0.717, 1.165) is 17.8 Å². The van der Waals surface area contributed by atoms with Crippen molar-refractivity contribution in [1.29, 1.82) is 0 Å². The van der Waals surface area contributed by atoms with Crippen LogP contribution in [0.5, 0.6) is 11.8 Å². The third-order valence-electron chi connectivity index (χ3n) is 2.74. The van der Waals surface area contributed by atoms with Gasteiger partial charge in [-0.05, 0) is 30.0 Å². The Morgan fingerprint density at radius 1 is 1.00 bits per heavy atom. The molecule has 0 atom stereocenters. The number of carbonyl (C=O) groups is 2. The summed E-state index contributed by atoms with van der Waals surface area (Å²) in [6.45, 7) is 0. The zero-order chi connectivity index (χ0) is 17.0. The zero-order valence-corrected chi connectivity index (χ0v) is 13.0. The molecule has 0 saturated heterocycles. The zero-order valence-electron chi connectivity index (χ0n) is 12.1. The lowest BCUT2D eigenvalue weighted by Crippen LogP contribution is -2.04. The molecule has 0 saturated carbocycles. The second-order valence-electron chi connectivity index (χ2n) is 4.16. The topological polar surface area (TPSA) is 119 Å². The van der Waals surface area contributed by atoms with Crippen molar-refractivity contribution in [3.63, 3.8) is 0 Å². The number of carboxylic acids is 2. The van der Waals surface area contributed by atoms with Crippen LogP contribution in [0.25, 0.3) is 0 Å². The number of carboxylic acid groups (broad SMARTS) is 2. The molecule has 2 aromatic rings. The Kier molecular flexibility index (Phi) is 5.02. The summed E-state index contributed by atoms with van der Waals surface area (Å²) in [6, 6.07) is 5.28. The van der Waals surface area contributed by atoms with E-state index in [-0.39, 0.29) is 28.0 Å². The maximum atomic E-state index is 11.3. The van der Waals surface area contributed by atoms with Gasteiger partial charge in [-0.2, -0.15) is 9.97 Å². The fourth-order valence-electron chi connectivity index (χ4n) is 1.66. The first-order chi connectivity index (χ1) is 10.9. The highest BCUT2D eigenvalue weighted by molar-refractivity contribution is 7.99. The summed E-state index contributed by atoms with van der Waals surface area (Å²) in [4.78, 5) is 30.8. The van der Waals surface area contributed by atoms with Gasteiger partial charge in [0.05, 0.1) is 31.4 Å². The quantitative estimate of drug-likeness (QED) is 0.764. The van der Waals surface area contributed by atoms with Crippen LogP contribution in [-0.2, 0) is 0 Å². The Balaban J connectivity index is 2.43. The first kappa shape index (κ1) is 16.6. The van der Waals surface area contributed by atoms with Crippen LogP contribution in [0.4, 0.5) is 0 Å². The van der Waals surface area contributed by atoms with Crippen molar-refractivity contribution in [2.75, 3.05) is 14.2 Å². The fourth-order valence-corrected chi connectivity index (χ4v) is 2.52. The van der Waals surface area contributed by atoms with Crippen molar-refractivity contribution < 1.29 is 29.3 Å². The van der Waals surface area contributed by atoms with Crippen molar-refractivity contribution in [2.45, 2.75) is 10.1 Å². The summed E-state index contributed by atoms with van der Waals surface area (Å²) in [5.74, 6) is -1.93. The molecule has 23 heavy (non-hydrogen) atoms. The molecule has 8 nitrogen and oxygen atoms in total. The molecule has 1 heterocycles. The smallest absolute Gasteiger partial charge is 0.336 e. The summed E-state index contributed by atoms with van der Waals surface area (Å²) in [6.07, 6.45) is 0. The number of rotatable bonds is 6. The molecule has 0 spiro atoms. The minimum Gasteiger partial charge on any atom is -0.481 e. The number of aromatic carboxylic acids is 2. The van der Waals surface area contributed by atoms with E-state index in [1.165, 1.54) is 32.4 Å². The first-order valence-electron chi connectivity index (χ1n) is 6.20. The van der Waals surface area contributed by atoms with Crippen molar-refractivity contribution in [3.05, 3.63) is 35.4 Å². The highest BCUT2D eigenvalue weighted by atomic mass is 32.2. The van der Waals surface area contributed by atoms with E-state index in [2.05, 4.69) is 9.97 Å². The van der Waals surface area contributed by atoms with Crippen molar-refractivity contribution in [1.82, 2.24) is 9.97 Å². The molecule has 2 N–H and O–H groups in total. The van der Waals surface area contributed by atoms with Gasteiger partial charge < -0.3 is 19.7 Å². The highest BCUT2D eigenvalue weighted by Crippen LogP contribution is 2.31. The van der Waals surface area contributed by atoms with Crippen LogP contribution in [0.2, 0.25) is 0 Å². The molecule has 1 aromatic carbocycles. The molecule has 0 fully saturated rings. The Hall–Kier alpha value is -2.81. The van der Waals surface area contributed by atoms with Gasteiger partial charge in [0.25, 0.3) is 0 Å². The molecule has 0 aliphatic heterocycles. The average molecular weight is 336 g/mol. The summed E-state index contributed by atoms with van der Waals surface area (Å²) in [7, 11) is 2.86. The van der Waals surface area contributed by atoms with Crippen LogP contribution >= 0.6 is 11.8 Å². The maximum absolute atomic E-state index is 11.3. The molecule has 1 aromatic heterocycles. The lowest BCUT2D eigenvalue weighted by molar-refractivity contribution is 0.0693. The summed E-state index contributed by atoms with van der Waals surface area (Å²) in [5, 5.41) is 18.4. The van der Waals surface area contributed by atoms with E-state index in [4.69, 9.17) is 14.6 Å². The SMILES string of the molecule is COc1cc(OC)nc(Sc2ccc(C(=O)O)cc2C(=O)O)n1. The van der Waals surface area contributed by atoms with Crippen LogP contribution in [-0.4, -0.2) is 46.3 Å². The van der Waals surface area contributed by atoms with Gasteiger partial charge in [-0.15, -0.1) is 0 Å². The van der Waals surface area contributed by atoms with Crippen molar-refractivity contribution in [2.24, 2.45) is 0 Å². The normalized spacial score (nSPS) is 10.2. The number of methoxy groups -OCH3 is 2. The largest absolute Gasteiger partial charge is 0.481 e. The molecule has 0 bridgehead atoms. The minimum atomic E-state index is -1.24. The molecule has 0 aliphatic rings. The van der Waals surface area contributed by atoms with E-state index in [0.29, 0.717) is 4.90 Å². The van der Waals surface area contributed by atoms with Gasteiger partial charge in [0.15, 0.2) is 5.16 Å². The van der Waals surface area contributed by atoms with Gasteiger partial charge in [0, 0.05) is 4.90 Å². The molecular weight excluding hydrogens is 324 g/mol. The highest BCUT2D eigenvalue weighted by Gasteiger charge is 2.17. The molecule has 0 radical (unpaired) electrons. The molecule has 0 unspecified atom stereocenters. The number of hydrogen-bond acceptors (Lipinski definition) is 7. The van der Waals surface area contributed by atoms with Gasteiger partial charge in [-0.1, -0.05) is 0 Å². The molecule has 9 heteroatoms. The Morgan fingerprint density at radius 2 is 1.61 bits per heavy atom. The maximum Gasteiger partial charge on any atom is 0.336 e. The fraction of sp³-hybridized carbons (Fsp3) is 0.143. The lowest BCUT2D eigenvalue weighted by Gasteiger charge is -2.08. The van der Waals surface area contributed by atoms with Crippen LogP contribution in [0.1, 0.15) is 20.7 Å². The summed E-state index contributed by atoms with van der Waals surface area (Å²) >= 11 is 0.966. The lowest BCUT2D eigenvalue weighted by atomic mass is 10.1. The number of nitrogens with zero attached hydrogens (tertiary/aromatic N) is 2. The number of aromatic nitrogens is 2. The second kappa shape index (κ2) is 6.97. The predicted molar refractivity (Wildman–Crippen MR) is 79.6 cm³/mol. The predicted octanol–water partition coefficient (Wildman–Crippen LogP) is 2.04. The van der Waals surface area contributed by atoms with E-state index in [1.54, 1.807) is 0 Å².